The molecule has 160 valence electrons. The van der Waals surface area contributed by atoms with Crippen LogP contribution in [-0.4, -0.2) is 24.4 Å². The number of benzene rings is 2. The van der Waals surface area contributed by atoms with Crippen LogP contribution in [0.2, 0.25) is 0 Å². The number of halogens is 1. The summed E-state index contributed by atoms with van der Waals surface area (Å²) in [6, 6.07) is 12.0. The highest BCUT2D eigenvalue weighted by Gasteiger charge is 2.15. The first-order valence-electron chi connectivity index (χ1n) is 10.2. The summed E-state index contributed by atoms with van der Waals surface area (Å²) in [4.78, 5) is 15.0. The van der Waals surface area contributed by atoms with Crippen molar-refractivity contribution in [3.05, 3.63) is 87.1 Å². The largest absolute Gasteiger partial charge is 0.461 e. The Balaban J connectivity index is 1.51. The Morgan fingerprint density at radius 2 is 2.00 bits per heavy atom. The van der Waals surface area contributed by atoms with Gasteiger partial charge >= 0.3 is 0 Å². The highest BCUT2D eigenvalue weighted by molar-refractivity contribution is 7.07. The topological polar surface area (TPSA) is 45.5 Å². The number of carbonyl (C=O) groups is 1. The quantitative estimate of drug-likeness (QED) is 0.376. The van der Waals surface area contributed by atoms with Crippen molar-refractivity contribution < 1.29 is 13.6 Å². The summed E-state index contributed by atoms with van der Waals surface area (Å²) < 4.78 is 19.3. The third kappa shape index (κ3) is 4.86. The number of thiophene rings is 1. The van der Waals surface area contributed by atoms with E-state index in [0.717, 1.165) is 41.8 Å². The van der Waals surface area contributed by atoms with Gasteiger partial charge in [-0.05, 0) is 91.7 Å². The third-order valence-corrected chi connectivity index (χ3v) is 6.19. The van der Waals surface area contributed by atoms with E-state index in [4.69, 9.17) is 4.42 Å². The minimum atomic E-state index is -0.349. The number of furan rings is 1. The van der Waals surface area contributed by atoms with Crippen molar-refractivity contribution >= 4 is 33.9 Å². The number of hydrogen-bond acceptors (Lipinski definition) is 4. The number of aryl methyl sites for hydroxylation is 2. The average molecular weight is 437 g/mol. The first-order chi connectivity index (χ1) is 14.9. The zero-order valence-electron chi connectivity index (χ0n) is 17.9. The number of fused-ring (bicyclic) bond motifs is 1. The summed E-state index contributed by atoms with van der Waals surface area (Å²) in [5.74, 6) is 0.295. The second-order valence-electron chi connectivity index (χ2n) is 7.88. The van der Waals surface area contributed by atoms with Gasteiger partial charge in [0.2, 0.25) is 0 Å². The number of carbonyl (C=O) groups excluding carboxylic acids is 1. The molecule has 1 amide bonds. The fourth-order valence-corrected chi connectivity index (χ4v) is 4.48. The molecule has 2 aromatic heterocycles. The fraction of sp³-hybridized carbons (Fsp3) is 0.240. The van der Waals surface area contributed by atoms with Crippen LogP contribution in [0, 0.1) is 19.7 Å². The van der Waals surface area contributed by atoms with Crippen molar-refractivity contribution in [3.8, 4) is 0 Å². The predicted octanol–water partition coefficient (Wildman–Crippen LogP) is 6.18. The second-order valence-corrected chi connectivity index (χ2v) is 8.66. The molecule has 0 fully saturated rings. The Bertz CT molecular complexity index is 1210. The summed E-state index contributed by atoms with van der Waals surface area (Å²) in [6.07, 6.45) is 0.855. The molecule has 2 heterocycles. The minimum Gasteiger partial charge on any atom is -0.461 e. The minimum absolute atomic E-state index is 0.255. The SMILES string of the molecule is Cc1cc(F)ccc1C(=O)Nc1ccc2oc(C)c(CCN(C)Cc3ccsc3)c2c1. The molecule has 6 heteroatoms. The summed E-state index contributed by atoms with van der Waals surface area (Å²) in [5, 5.41) is 8.21. The van der Waals surface area contributed by atoms with Crippen LogP contribution in [0.3, 0.4) is 0 Å². The Morgan fingerprint density at radius 1 is 1.16 bits per heavy atom. The van der Waals surface area contributed by atoms with E-state index in [9.17, 15) is 9.18 Å². The van der Waals surface area contributed by atoms with Crippen LogP contribution in [0.1, 0.15) is 32.8 Å². The molecule has 0 radical (unpaired) electrons. The van der Waals surface area contributed by atoms with E-state index in [1.165, 1.54) is 23.8 Å². The molecule has 31 heavy (non-hydrogen) atoms. The van der Waals surface area contributed by atoms with Crippen LogP contribution in [-0.2, 0) is 13.0 Å². The van der Waals surface area contributed by atoms with Gasteiger partial charge in [0.15, 0.2) is 0 Å². The first kappa shape index (κ1) is 21.3. The van der Waals surface area contributed by atoms with Crippen LogP contribution in [0.15, 0.2) is 57.6 Å². The number of nitrogens with zero attached hydrogens (tertiary/aromatic N) is 1. The number of nitrogens with one attached hydrogen (secondary N) is 1. The lowest BCUT2D eigenvalue weighted by atomic mass is 10.1. The maximum atomic E-state index is 13.3. The zero-order valence-corrected chi connectivity index (χ0v) is 18.7. The molecule has 2 aromatic carbocycles. The molecule has 0 unspecified atom stereocenters. The number of anilines is 1. The molecule has 0 spiro atoms. The molecule has 0 saturated carbocycles. The van der Waals surface area contributed by atoms with E-state index in [2.05, 4.69) is 34.1 Å². The molecule has 0 atom stereocenters. The lowest BCUT2D eigenvalue weighted by molar-refractivity contribution is 0.102. The Labute approximate surface area is 185 Å². The number of amides is 1. The number of rotatable bonds is 7. The number of hydrogen-bond donors (Lipinski definition) is 1. The van der Waals surface area contributed by atoms with E-state index in [1.807, 2.05) is 25.1 Å². The predicted molar refractivity (Wildman–Crippen MR) is 124 cm³/mol. The van der Waals surface area contributed by atoms with Crippen molar-refractivity contribution in [1.29, 1.82) is 0 Å². The zero-order chi connectivity index (χ0) is 22.0. The van der Waals surface area contributed by atoms with Gasteiger partial charge in [0.1, 0.15) is 17.2 Å². The van der Waals surface area contributed by atoms with E-state index in [0.29, 0.717) is 16.8 Å². The number of likely N-dealkylation sites (N-methyl/N-ethyl adjacent to an activating group) is 1. The Morgan fingerprint density at radius 3 is 2.74 bits per heavy atom. The monoisotopic (exact) mass is 436 g/mol. The lowest BCUT2D eigenvalue weighted by Crippen LogP contribution is -2.20. The fourth-order valence-electron chi connectivity index (χ4n) is 3.82. The van der Waals surface area contributed by atoms with E-state index in [-0.39, 0.29) is 11.7 Å². The van der Waals surface area contributed by atoms with Crippen molar-refractivity contribution in [3.63, 3.8) is 0 Å². The highest BCUT2D eigenvalue weighted by Crippen LogP contribution is 2.29. The first-order valence-corrected chi connectivity index (χ1v) is 11.1. The molecule has 4 nitrogen and oxygen atoms in total. The van der Waals surface area contributed by atoms with Crippen LogP contribution in [0.4, 0.5) is 10.1 Å². The van der Waals surface area contributed by atoms with E-state index >= 15 is 0 Å². The van der Waals surface area contributed by atoms with Gasteiger partial charge in [-0.1, -0.05) is 0 Å². The van der Waals surface area contributed by atoms with Gasteiger partial charge in [0.05, 0.1) is 0 Å². The molecule has 4 aromatic rings. The summed E-state index contributed by atoms with van der Waals surface area (Å²) >= 11 is 1.71. The molecule has 0 bridgehead atoms. The molecule has 0 aliphatic carbocycles. The van der Waals surface area contributed by atoms with Gasteiger partial charge in [-0.3, -0.25) is 4.79 Å². The van der Waals surface area contributed by atoms with Crippen LogP contribution < -0.4 is 5.32 Å². The van der Waals surface area contributed by atoms with Gasteiger partial charge in [-0.15, -0.1) is 0 Å². The molecule has 1 N–H and O–H groups in total. The van der Waals surface area contributed by atoms with Crippen LogP contribution in [0.5, 0.6) is 0 Å². The maximum Gasteiger partial charge on any atom is 0.255 e. The molecule has 0 saturated heterocycles. The van der Waals surface area contributed by atoms with Crippen LogP contribution >= 0.6 is 11.3 Å². The van der Waals surface area contributed by atoms with Crippen molar-refractivity contribution in [1.82, 2.24) is 4.90 Å². The van der Waals surface area contributed by atoms with Gasteiger partial charge in [-0.2, -0.15) is 11.3 Å². The van der Waals surface area contributed by atoms with E-state index in [1.54, 1.807) is 18.3 Å². The van der Waals surface area contributed by atoms with Gasteiger partial charge in [0, 0.05) is 35.3 Å². The second kappa shape index (κ2) is 9.04. The van der Waals surface area contributed by atoms with Crippen LogP contribution in [0.25, 0.3) is 11.0 Å². The van der Waals surface area contributed by atoms with Gasteiger partial charge < -0.3 is 14.6 Å². The summed E-state index contributed by atoms with van der Waals surface area (Å²) in [6.45, 7) is 5.52. The lowest BCUT2D eigenvalue weighted by Gasteiger charge is -2.15. The van der Waals surface area contributed by atoms with Crippen molar-refractivity contribution in [2.45, 2.75) is 26.8 Å². The molecular formula is C25H25FN2O2S. The standard InChI is InChI=1S/C25H25FN2O2S/c1-16-12-19(26)4-6-21(16)25(29)27-20-5-7-24-23(13-20)22(17(2)30-24)8-10-28(3)14-18-9-11-31-15-18/h4-7,9,11-13,15H,8,10,14H2,1-3H3,(H,27,29). The van der Waals surface area contributed by atoms with Crippen molar-refractivity contribution in [2.75, 3.05) is 18.9 Å². The van der Waals surface area contributed by atoms with Gasteiger partial charge in [-0.25, -0.2) is 4.39 Å². The Kier molecular flexibility index (Phi) is 6.20. The normalized spacial score (nSPS) is 11.4. The van der Waals surface area contributed by atoms with E-state index < -0.39 is 0 Å². The highest BCUT2D eigenvalue weighted by atomic mass is 32.1. The molecule has 0 aliphatic rings. The molecule has 0 aliphatic heterocycles. The molecular weight excluding hydrogens is 411 g/mol. The van der Waals surface area contributed by atoms with Crippen molar-refractivity contribution in [2.24, 2.45) is 0 Å². The molecule has 4 rings (SSSR count). The summed E-state index contributed by atoms with van der Waals surface area (Å²) in [7, 11) is 2.12. The third-order valence-electron chi connectivity index (χ3n) is 5.46. The maximum absolute atomic E-state index is 13.3. The average Bonchev–Trinajstić information content (AvgIpc) is 3.33. The Hall–Kier alpha value is -2.96. The summed E-state index contributed by atoms with van der Waals surface area (Å²) in [5.41, 5.74) is 5.04. The smallest absolute Gasteiger partial charge is 0.255 e. The van der Waals surface area contributed by atoms with Gasteiger partial charge in [0.25, 0.3) is 5.91 Å².